The fraction of sp³-hybridized carbons (Fsp3) is 0.750. The van der Waals surface area contributed by atoms with Gasteiger partial charge in [0.25, 0.3) is 5.91 Å². The van der Waals surface area contributed by atoms with Crippen molar-refractivity contribution in [2.75, 3.05) is 6.54 Å². The van der Waals surface area contributed by atoms with E-state index in [1.54, 1.807) is 13.8 Å². The molecule has 17 heavy (non-hydrogen) atoms. The number of ketones is 1. The van der Waals surface area contributed by atoms with Crippen LogP contribution in [0.15, 0.2) is 0 Å². The molecule has 1 unspecified atom stereocenters. The molecule has 0 aromatic carbocycles. The number of hydrogen-bond donors (Lipinski definition) is 1. The van der Waals surface area contributed by atoms with Gasteiger partial charge >= 0.3 is 5.97 Å². The van der Waals surface area contributed by atoms with Gasteiger partial charge < -0.3 is 10.0 Å². The summed E-state index contributed by atoms with van der Waals surface area (Å²) >= 11 is 0. The molecule has 1 saturated heterocycles. The number of hydrogen-bond acceptors (Lipinski definition) is 3. The number of Topliss-reactive ketones (excluding diaryl/α,β-unsaturated/α-hetero) is 1. The van der Waals surface area contributed by atoms with Crippen molar-refractivity contribution in [3.05, 3.63) is 0 Å². The van der Waals surface area contributed by atoms with Crippen LogP contribution in [0.5, 0.6) is 0 Å². The van der Waals surface area contributed by atoms with Gasteiger partial charge in [-0.3, -0.25) is 9.59 Å². The van der Waals surface area contributed by atoms with Crippen LogP contribution in [0.1, 0.15) is 46.0 Å². The van der Waals surface area contributed by atoms with E-state index in [2.05, 4.69) is 0 Å². The highest BCUT2D eigenvalue weighted by Gasteiger charge is 2.47. The van der Waals surface area contributed by atoms with Gasteiger partial charge in [0.05, 0.1) is 0 Å². The van der Waals surface area contributed by atoms with E-state index in [0.717, 1.165) is 12.8 Å². The van der Waals surface area contributed by atoms with Gasteiger partial charge in [-0.05, 0) is 25.7 Å². The molecule has 0 bridgehead atoms. The molecule has 5 heteroatoms. The van der Waals surface area contributed by atoms with Crippen LogP contribution in [0, 0.1) is 0 Å². The molecule has 5 nitrogen and oxygen atoms in total. The molecule has 1 fully saturated rings. The molecular formula is C12H19NO4. The van der Waals surface area contributed by atoms with E-state index in [0.29, 0.717) is 19.4 Å². The average Bonchev–Trinajstić information content (AvgIpc) is 2.36. The lowest BCUT2D eigenvalue weighted by atomic mass is 9.83. The number of carbonyl (C=O) groups excluding carboxylic acids is 2. The minimum Gasteiger partial charge on any atom is -0.479 e. The normalized spacial score (nSPS) is 24.5. The number of nitrogens with zero attached hydrogens (tertiary/aromatic N) is 1. The van der Waals surface area contributed by atoms with Crippen molar-refractivity contribution in [1.29, 1.82) is 0 Å². The maximum Gasteiger partial charge on any atom is 0.329 e. The second kappa shape index (κ2) is 5.29. The lowest BCUT2D eigenvalue weighted by Crippen LogP contribution is -2.60. The number of likely N-dealkylation sites (tertiary alicyclic amines) is 1. The lowest BCUT2D eigenvalue weighted by Gasteiger charge is -2.43. The average molecular weight is 241 g/mol. The fourth-order valence-electron chi connectivity index (χ4n) is 2.38. The number of carbonyl (C=O) groups is 3. The Labute approximate surface area is 101 Å². The van der Waals surface area contributed by atoms with Gasteiger partial charge in [-0.2, -0.15) is 0 Å². The Kier molecular flexibility index (Phi) is 4.26. The molecule has 0 radical (unpaired) electrons. The molecule has 1 amide bonds. The largest absolute Gasteiger partial charge is 0.479 e. The lowest BCUT2D eigenvalue weighted by molar-refractivity contribution is -0.165. The van der Waals surface area contributed by atoms with Crippen LogP contribution >= 0.6 is 0 Å². The summed E-state index contributed by atoms with van der Waals surface area (Å²) in [5, 5.41) is 9.36. The van der Waals surface area contributed by atoms with E-state index in [9.17, 15) is 19.5 Å². The first-order valence-electron chi connectivity index (χ1n) is 6.07. The van der Waals surface area contributed by atoms with E-state index in [-0.39, 0.29) is 6.42 Å². The zero-order chi connectivity index (χ0) is 13.1. The van der Waals surface area contributed by atoms with Crippen LogP contribution in [0.25, 0.3) is 0 Å². The second-order valence-electron chi connectivity index (χ2n) is 4.38. The predicted molar refractivity (Wildman–Crippen MR) is 61.5 cm³/mol. The number of amides is 1. The highest BCUT2D eigenvalue weighted by Crippen LogP contribution is 2.32. The van der Waals surface area contributed by atoms with Crippen LogP contribution in [0.2, 0.25) is 0 Å². The summed E-state index contributed by atoms with van der Waals surface area (Å²) in [7, 11) is 0. The van der Waals surface area contributed by atoms with Crippen molar-refractivity contribution in [3.63, 3.8) is 0 Å². The van der Waals surface area contributed by atoms with E-state index in [4.69, 9.17) is 0 Å². The molecule has 1 atom stereocenters. The Morgan fingerprint density at radius 3 is 2.35 bits per heavy atom. The number of carboxylic acids is 1. The first kappa shape index (κ1) is 13.7. The highest BCUT2D eigenvalue weighted by atomic mass is 16.4. The minimum atomic E-state index is -1.18. The number of rotatable bonds is 4. The van der Waals surface area contributed by atoms with Gasteiger partial charge in [-0.1, -0.05) is 13.8 Å². The first-order chi connectivity index (χ1) is 7.99. The molecule has 0 spiro atoms. The third-order valence-electron chi connectivity index (χ3n) is 3.53. The Hall–Kier alpha value is -1.39. The molecule has 0 aliphatic carbocycles. The van der Waals surface area contributed by atoms with Gasteiger partial charge in [0.1, 0.15) is 5.54 Å². The van der Waals surface area contributed by atoms with E-state index < -0.39 is 23.2 Å². The van der Waals surface area contributed by atoms with Crippen LogP contribution in [-0.4, -0.2) is 39.7 Å². The summed E-state index contributed by atoms with van der Waals surface area (Å²) in [5.41, 5.74) is -1.18. The van der Waals surface area contributed by atoms with Gasteiger partial charge in [-0.25, -0.2) is 4.79 Å². The molecule has 0 saturated carbocycles. The zero-order valence-electron chi connectivity index (χ0n) is 10.4. The minimum absolute atomic E-state index is 0.120. The third kappa shape index (κ3) is 2.33. The quantitative estimate of drug-likeness (QED) is 0.751. The van der Waals surface area contributed by atoms with Crippen LogP contribution < -0.4 is 0 Å². The summed E-state index contributed by atoms with van der Waals surface area (Å²) in [6, 6.07) is 0. The fourth-order valence-corrected chi connectivity index (χ4v) is 2.38. The van der Waals surface area contributed by atoms with Crippen molar-refractivity contribution in [1.82, 2.24) is 4.90 Å². The van der Waals surface area contributed by atoms with Crippen molar-refractivity contribution < 1.29 is 19.5 Å². The summed E-state index contributed by atoms with van der Waals surface area (Å²) in [6.07, 6.45) is 2.43. The monoisotopic (exact) mass is 241 g/mol. The predicted octanol–water partition coefficient (Wildman–Crippen LogP) is 1.21. The maximum absolute atomic E-state index is 11.9. The SMILES string of the molecule is CCC(=O)C(=O)N1CCCCC1(CC)C(=O)O. The van der Waals surface area contributed by atoms with Crippen LogP contribution in [0.4, 0.5) is 0 Å². The van der Waals surface area contributed by atoms with Crippen molar-refractivity contribution in [2.24, 2.45) is 0 Å². The van der Waals surface area contributed by atoms with Crippen LogP contribution in [-0.2, 0) is 14.4 Å². The second-order valence-corrected chi connectivity index (χ2v) is 4.38. The Morgan fingerprint density at radius 2 is 1.88 bits per heavy atom. The number of piperidine rings is 1. The van der Waals surface area contributed by atoms with Crippen molar-refractivity contribution >= 4 is 17.7 Å². The summed E-state index contributed by atoms with van der Waals surface area (Å²) in [6.45, 7) is 3.72. The van der Waals surface area contributed by atoms with Crippen molar-refractivity contribution in [3.8, 4) is 0 Å². The molecule has 1 heterocycles. The van der Waals surface area contributed by atoms with Gasteiger partial charge in [-0.15, -0.1) is 0 Å². The molecule has 1 N–H and O–H groups in total. The Balaban J connectivity index is 3.04. The van der Waals surface area contributed by atoms with Crippen LogP contribution in [0.3, 0.4) is 0 Å². The Bertz CT molecular complexity index is 339. The molecule has 1 rings (SSSR count). The number of aliphatic carboxylic acids is 1. The van der Waals surface area contributed by atoms with Gasteiger partial charge in [0.2, 0.25) is 5.78 Å². The van der Waals surface area contributed by atoms with E-state index in [1.807, 2.05) is 0 Å². The summed E-state index contributed by atoms with van der Waals surface area (Å²) in [4.78, 5) is 36.1. The molecule has 96 valence electrons. The third-order valence-corrected chi connectivity index (χ3v) is 3.53. The topological polar surface area (TPSA) is 74.7 Å². The Morgan fingerprint density at radius 1 is 1.24 bits per heavy atom. The maximum atomic E-state index is 11.9. The molecule has 0 aromatic rings. The summed E-state index contributed by atoms with van der Waals surface area (Å²) < 4.78 is 0. The molecule has 1 aliphatic heterocycles. The van der Waals surface area contributed by atoms with E-state index in [1.165, 1.54) is 4.90 Å². The summed E-state index contributed by atoms with van der Waals surface area (Å²) in [5.74, 6) is -2.15. The zero-order valence-corrected chi connectivity index (χ0v) is 10.4. The molecular weight excluding hydrogens is 222 g/mol. The van der Waals surface area contributed by atoms with Gasteiger partial charge in [0, 0.05) is 13.0 Å². The van der Waals surface area contributed by atoms with E-state index >= 15 is 0 Å². The smallest absolute Gasteiger partial charge is 0.329 e. The first-order valence-corrected chi connectivity index (χ1v) is 6.07. The highest BCUT2D eigenvalue weighted by molar-refractivity contribution is 6.36. The van der Waals surface area contributed by atoms with Gasteiger partial charge in [0.15, 0.2) is 0 Å². The molecule has 1 aliphatic rings. The van der Waals surface area contributed by atoms with Crippen molar-refractivity contribution in [2.45, 2.75) is 51.5 Å². The number of carboxylic acid groups (broad SMARTS) is 1. The molecule has 0 aromatic heterocycles. The standard InChI is InChI=1S/C12H19NO4/c1-3-9(14)10(15)13-8-6-5-7-12(13,4-2)11(16)17/h3-8H2,1-2H3,(H,16,17).